The Labute approximate surface area is 238 Å². The highest BCUT2D eigenvalue weighted by atomic mass is 32.1. The van der Waals surface area contributed by atoms with Crippen molar-refractivity contribution in [2.75, 3.05) is 10.6 Å². The van der Waals surface area contributed by atoms with Gasteiger partial charge in [-0.2, -0.15) is 10.5 Å². The van der Waals surface area contributed by atoms with E-state index in [9.17, 15) is 9.59 Å². The van der Waals surface area contributed by atoms with Gasteiger partial charge < -0.3 is 10.6 Å². The number of hydrogen-bond donors (Lipinski definition) is 2. The Hall–Kier alpha value is -4.52. The predicted octanol–water partition coefficient (Wildman–Crippen LogP) is 4.94. The van der Waals surface area contributed by atoms with Crippen molar-refractivity contribution in [2.24, 2.45) is 0 Å². The zero-order valence-corrected chi connectivity index (χ0v) is 23.0. The Kier molecular flexibility index (Phi) is 8.50. The van der Waals surface area contributed by atoms with Gasteiger partial charge in [0.05, 0.1) is 36.1 Å². The summed E-state index contributed by atoms with van der Waals surface area (Å²) in [5, 5.41) is 43.3. The topological polar surface area (TPSA) is 157 Å². The maximum atomic E-state index is 12.5. The summed E-state index contributed by atoms with van der Waals surface area (Å²) in [5.41, 5.74) is 2.74. The van der Waals surface area contributed by atoms with Gasteiger partial charge in [-0.25, -0.2) is 0 Å². The highest BCUT2D eigenvalue weighted by Crippen LogP contribution is 2.43. The van der Waals surface area contributed by atoms with E-state index in [1.807, 2.05) is 0 Å². The maximum absolute atomic E-state index is 12.5. The molecule has 200 valence electrons. The summed E-state index contributed by atoms with van der Waals surface area (Å²) in [4.78, 5) is 24.9. The number of rotatable bonds is 8. The van der Waals surface area contributed by atoms with Gasteiger partial charge >= 0.3 is 0 Å². The van der Waals surface area contributed by atoms with Gasteiger partial charge in [0.1, 0.15) is 10.0 Å². The van der Waals surface area contributed by atoms with E-state index in [2.05, 4.69) is 43.2 Å². The maximum Gasteiger partial charge on any atom is 0.230 e. The molecule has 40 heavy (non-hydrogen) atoms. The molecule has 2 amide bonds. The van der Waals surface area contributed by atoms with Gasteiger partial charge in [-0.15, -0.1) is 20.4 Å². The highest BCUT2D eigenvalue weighted by molar-refractivity contribution is 7.15. The van der Waals surface area contributed by atoms with Gasteiger partial charge in [-0.05, 0) is 54.7 Å². The Morgan fingerprint density at radius 2 is 1.15 bits per heavy atom. The van der Waals surface area contributed by atoms with Gasteiger partial charge in [-0.3, -0.25) is 9.59 Å². The summed E-state index contributed by atoms with van der Waals surface area (Å²) in [6.45, 7) is 0. The lowest BCUT2D eigenvalue weighted by Gasteiger charge is -2.25. The molecule has 2 atom stereocenters. The zero-order chi connectivity index (χ0) is 27.9. The molecule has 12 heteroatoms. The van der Waals surface area contributed by atoms with Crippen LogP contribution >= 0.6 is 22.7 Å². The minimum atomic E-state index is -0.184. The molecule has 4 aromatic rings. The summed E-state index contributed by atoms with van der Waals surface area (Å²) in [5.74, 6) is 0.0468. The van der Waals surface area contributed by atoms with Crippen molar-refractivity contribution in [1.29, 1.82) is 10.5 Å². The third-order valence-corrected chi connectivity index (χ3v) is 8.64. The van der Waals surface area contributed by atoms with Crippen LogP contribution in [0.25, 0.3) is 0 Å². The average Bonchev–Trinajstić information content (AvgIpc) is 3.64. The highest BCUT2D eigenvalue weighted by Gasteiger charge is 2.29. The third kappa shape index (κ3) is 6.91. The number of hydrogen-bond acceptors (Lipinski definition) is 10. The van der Waals surface area contributed by atoms with Crippen LogP contribution in [0.4, 0.5) is 10.3 Å². The molecule has 2 aromatic heterocycles. The van der Waals surface area contributed by atoms with Crippen molar-refractivity contribution in [1.82, 2.24) is 20.4 Å². The molecule has 2 heterocycles. The first-order chi connectivity index (χ1) is 19.5. The molecular formula is C28H24N8O2S2. The summed E-state index contributed by atoms with van der Waals surface area (Å²) in [6.07, 6.45) is 4.20. The van der Waals surface area contributed by atoms with Crippen LogP contribution in [0.5, 0.6) is 0 Å². The predicted molar refractivity (Wildman–Crippen MR) is 151 cm³/mol. The molecule has 0 aliphatic heterocycles. The Morgan fingerprint density at radius 3 is 1.55 bits per heavy atom. The molecule has 2 unspecified atom stereocenters. The molecule has 5 rings (SSSR count). The molecule has 1 aliphatic rings. The number of nitriles is 2. The van der Waals surface area contributed by atoms with Crippen LogP contribution in [0.2, 0.25) is 0 Å². The monoisotopic (exact) mass is 568 g/mol. The number of aromatic nitrogens is 4. The largest absolute Gasteiger partial charge is 0.300 e. The van der Waals surface area contributed by atoms with E-state index in [0.29, 0.717) is 21.4 Å². The van der Waals surface area contributed by atoms with Crippen LogP contribution in [0.3, 0.4) is 0 Å². The van der Waals surface area contributed by atoms with E-state index in [4.69, 9.17) is 10.5 Å². The van der Waals surface area contributed by atoms with Crippen molar-refractivity contribution < 1.29 is 9.59 Å². The van der Waals surface area contributed by atoms with Gasteiger partial charge in [-0.1, -0.05) is 53.4 Å². The van der Waals surface area contributed by atoms with Crippen LogP contribution < -0.4 is 10.6 Å². The van der Waals surface area contributed by atoms with Crippen LogP contribution in [0.1, 0.15) is 69.8 Å². The summed E-state index contributed by atoms with van der Waals surface area (Å²) in [7, 11) is 0. The van der Waals surface area contributed by atoms with Crippen LogP contribution in [-0.2, 0) is 22.4 Å². The number of carbonyl (C=O) groups excluding carboxylic acids is 2. The first-order valence-electron chi connectivity index (χ1n) is 12.7. The molecule has 1 saturated carbocycles. The number of anilines is 2. The fourth-order valence-electron chi connectivity index (χ4n) is 4.63. The van der Waals surface area contributed by atoms with Crippen molar-refractivity contribution in [3.8, 4) is 12.1 Å². The van der Waals surface area contributed by atoms with Crippen molar-refractivity contribution in [2.45, 2.75) is 50.4 Å². The normalized spacial score (nSPS) is 16.4. The van der Waals surface area contributed by atoms with Crippen LogP contribution in [-0.4, -0.2) is 32.2 Å². The molecule has 0 radical (unpaired) electrons. The summed E-state index contributed by atoms with van der Waals surface area (Å²) >= 11 is 2.79. The molecular weight excluding hydrogens is 544 g/mol. The lowest BCUT2D eigenvalue weighted by atomic mass is 9.82. The smallest absolute Gasteiger partial charge is 0.230 e. The number of amides is 2. The Balaban J connectivity index is 1.14. The van der Waals surface area contributed by atoms with E-state index in [1.54, 1.807) is 48.5 Å². The zero-order valence-electron chi connectivity index (χ0n) is 21.3. The van der Waals surface area contributed by atoms with Gasteiger partial charge in [0, 0.05) is 11.8 Å². The molecule has 2 aromatic carbocycles. The van der Waals surface area contributed by atoms with Crippen LogP contribution in [0.15, 0.2) is 48.5 Å². The van der Waals surface area contributed by atoms with E-state index < -0.39 is 0 Å². The van der Waals surface area contributed by atoms with Crippen LogP contribution in [0, 0.1) is 22.7 Å². The number of benzene rings is 2. The van der Waals surface area contributed by atoms with Gasteiger partial charge in [0.2, 0.25) is 22.1 Å². The molecule has 10 nitrogen and oxygen atoms in total. The Morgan fingerprint density at radius 1 is 0.725 bits per heavy atom. The quantitative estimate of drug-likeness (QED) is 0.303. The fourth-order valence-corrected chi connectivity index (χ4v) is 6.44. The second kappa shape index (κ2) is 12.6. The number of nitrogens with zero attached hydrogens (tertiary/aromatic N) is 6. The first-order valence-corrected chi connectivity index (χ1v) is 14.4. The Bertz CT molecular complexity index is 1460. The third-order valence-electron chi connectivity index (χ3n) is 6.64. The SMILES string of the molecule is N#Cc1ccc(CC(=O)Nc2nnc(C3CCCC(c4nnc(NC(=O)Cc5ccc(C#N)cc5)s4)C3)s2)cc1. The van der Waals surface area contributed by atoms with Gasteiger partial charge in [0.25, 0.3) is 0 Å². The van der Waals surface area contributed by atoms with Crippen molar-refractivity contribution in [3.05, 3.63) is 80.8 Å². The first kappa shape index (κ1) is 27.1. The lowest BCUT2D eigenvalue weighted by Crippen LogP contribution is -2.14. The fraction of sp³-hybridized carbons (Fsp3) is 0.286. The molecule has 0 bridgehead atoms. The van der Waals surface area contributed by atoms with E-state index in [-0.39, 0.29) is 36.5 Å². The molecule has 2 N–H and O–H groups in total. The average molecular weight is 569 g/mol. The van der Waals surface area contributed by atoms with E-state index in [0.717, 1.165) is 46.8 Å². The standard InChI is InChI=1S/C28H24N8O2S2/c29-15-19-8-4-17(5-9-19)12-23(37)31-27-35-33-25(39-27)21-2-1-3-22(14-21)26-34-36-28(40-26)32-24(38)13-18-6-10-20(16-30)11-7-18/h4-11,21-22H,1-3,12-14H2,(H,31,35,37)(H,32,36,38). The van der Waals surface area contributed by atoms with Crippen molar-refractivity contribution >= 4 is 44.8 Å². The second-order valence-electron chi connectivity index (χ2n) is 9.52. The molecule has 1 aliphatic carbocycles. The minimum Gasteiger partial charge on any atom is -0.300 e. The number of nitrogens with one attached hydrogen (secondary N) is 2. The number of carbonyl (C=O) groups is 2. The summed E-state index contributed by atoms with van der Waals surface area (Å²) in [6, 6.07) is 18.0. The molecule has 0 saturated heterocycles. The second-order valence-corrected chi connectivity index (χ2v) is 11.5. The molecule has 0 spiro atoms. The van der Waals surface area contributed by atoms with E-state index in [1.165, 1.54) is 22.7 Å². The summed E-state index contributed by atoms with van der Waals surface area (Å²) < 4.78 is 0. The van der Waals surface area contributed by atoms with Crippen molar-refractivity contribution in [3.63, 3.8) is 0 Å². The lowest BCUT2D eigenvalue weighted by molar-refractivity contribution is -0.116. The van der Waals surface area contributed by atoms with E-state index >= 15 is 0 Å². The minimum absolute atomic E-state index is 0.184. The van der Waals surface area contributed by atoms with Gasteiger partial charge in [0.15, 0.2) is 0 Å². The molecule has 1 fully saturated rings.